The molecular formula is C28H31NO2. The van der Waals surface area contributed by atoms with Crippen LogP contribution in [0.25, 0.3) is 0 Å². The Labute approximate surface area is 186 Å². The molecule has 0 bridgehead atoms. The third-order valence-corrected chi connectivity index (χ3v) is 5.28. The predicted octanol–water partition coefficient (Wildman–Crippen LogP) is 6.79. The normalized spacial score (nSPS) is 15.5. The van der Waals surface area contributed by atoms with Gasteiger partial charge in [-0.1, -0.05) is 49.9 Å². The second kappa shape index (κ2) is 10.6. The number of nitriles is 1. The zero-order valence-electron chi connectivity index (χ0n) is 19.2. The summed E-state index contributed by atoms with van der Waals surface area (Å²) in [6.45, 7) is 18.1. The van der Waals surface area contributed by atoms with Crippen molar-refractivity contribution in [3.8, 4) is 6.07 Å². The minimum atomic E-state index is -0.361. The molecule has 0 saturated carbocycles. The summed E-state index contributed by atoms with van der Waals surface area (Å²) >= 11 is 0. The molecule has 1 atom stereocenters. The summed E-state index contributed by atoms with van der Waals surface area (Å²) in [6.07, 6.45) is 8.60. The van der Waals surface area contributed by atoms with Crippen LogP contribution in [0.3, 0.4) is 0 Å². The maximum absolute atomic E-state index is 12.9. The van der Waals surface area contributed by atoms with Gasteiger partial charge in [-0.25, -0.2) is 0 Å². The Morgan fingerprint density at radius 1 is 1.23 bits per heavy atom. The largest absolute Gasteiger partial charge is 0.493 e. The van der Waals surface area contributed by atoms with E-state index < -0.39 is 0 Å². The quantitative estimate of drug-likeness (QED) is 0.348. The predicted molar refractivity (Wildman–Crippen MR) is 128 cm³/mol. The van der Waals surface area contributed by atoms with Gasteiger partial charge in [-0.15, -0.1) is 0 Å². The van der Waals surface area contributed by atoms with Crippen LogP contribution < -0.4 is 0 Å². The van der Waals surface area contributed by atoms with Crippen LogP contribution in [0.4, 0.5) is 0 Å². The molecule has 0 spiro atoms. The van der Waals surface area contributed by atoms with E-state index in [1.54, 1.807) is 19.1 Å². The summed E-state index contributed by atoms with van der Waals surface area (Å²) in [6, 6.07) is 7.79. The number of nitrogens with zero attached hydrogens (tertiary/aromatic N) is 1. The summed E-state index contributed by atoms with van der Waals surface area (Å²) in [5, 5.41) is 9.32. The summed E-state index contributed by atoms with van der Waals surface area (Å²) in [5.41, 5.74) is 6.76. The van der Waals surface area contributed by atoms with Gasteiger partial charge in [0.15, 0.2) is 5.78 Å². The first-order valence-electron chi connectivity index (χ1n) is 10.5. The van der Waals surface area contributed by atoms with Gasteiger partial charge in [0.2, 0.25) is 0 Å². The smallest absolute Gasteiger partial charge is 0.157 e. The molecule has 2 rings (SSSR count). The molecule has 0 fully saturated rings. The lowest BCUT2D eigenvalue weighted by atomic mass is 9.77. The second-order valence-electron chi connectivity index (χ2n) is 7.89. The number of aryl methyl sites for hydroxylation is 1. The molecule has 160 valence electrons. The van der Waals surface area contributed by atoms with E-state index in [1.165, 1.54) is 0 Å². The van der Waals surface area contributed by atoms with Gasteiger partial charge in [0, 0.05) is 17.1 Å². The van der Waals surface area contributed by atoms with Gasteiger partial charge in [-0.3, -0.25) is 4.79 Å². The first-order chi connectivity index (χ1) is 14.7. The molecule has 0 aliphatic heterocycles. The monoisotopic (exact) mass is 413 g/mol. The van der Waals surface area contributed by atoms with Crippen molar-refractivity contribution in [3.63, 3.8) is 0 Å². The van der Waals surface area contributed by atoms with Gasteiger partial charge in [0.05, 0.1) is 18.2 Å². The van der Waals surface area contributed by atoms with Crippen LogP contribution in [0, 0.1) is 18.3 Å². The zero-order valence-corrected chi connectivity index (χ0v) is 19.2. The second-order valence-corrected chi connectivity index (χ2v) is 7.89. The maximum Gasteiger partial charge on any atom is 0.157 e. The summed E-state index contributed by atoms with van der Waals surface area (Å²) in [4.78, 5) is 12.9. The molecule has 0 saturated heterocycles. The van der Waals surface area contributed by atoms with Crippen LogP contribution in [0.1, 0.15) is 56.7 Å². The van der Waals surface area contributed by atoms with Gasteiger partial charge in [0.25, 0.3) is 0 Å². The minimum Gasteiger partial charge on any atom is -0.493 e. The number of hydrogen-bond donors (Lipinski definition) is 0. The highest BCUT2D eigenvalue weighted by Crippen LogP contribution is 2.41. The van der Waals surface area contributed by atoms with Crippen molar-refractivity contribution >= 4 is 5.78 Å². The van der Waals surface area contributed by atoms with Crippen molar-refractivity contribution in [2.45, 2.75) is 47.0 Å². The lowest BCUT2D eigenvalue weighted by Crippen LogP contribution is -2.17. The number of rotatable bonds is 8. The SMILES string of the molecule is C=C/C(C)=C(/C(C)=O)C(C1=CC(C)=CC(=C)C=C1OCCC)c1ccc(C#N)cc1C. The molecule has 1 aromatic rings. The summed E-state index contributed by atoms with van der Waals surface area (Å²) in [5.74, 6) is 0.330. The van der Waals surface area contributed by atoms with E-state index in [9.17, 15) is 10.1 Å². The Hall–Kier alpha value is -3.38. The van der Waals surface area contributed by atoms with E-state index in [-0.39, 0.29) is 11.7 Å². The zero-order chi connectivity index (χ0) is 23.1. The van der Waals surface area contributed by atoms with Crippen molar-refractivity contribution in [1.82, 2.24) is 0 Å². The van der Waals surface area contributed by atoms with Crippen molar-refractivity contribution in [2.75, 3.05) is 6.61 Å². The van der Waals surface area contributed by atoms with Crippen LogP contribution in [-0.2, 0) is 9.53 Å². The molecule has 1 aliphatic carbocycles. The fourth-order valence-corrected chi connectivity index (χ4v) is 3.87. The first-order valence-corrected chi connectivity index (χ1v) is 10.5. The number of carbonyl (C=O) groups is 1. The number of benzene rings is 1. The molecule has 3 nitrogen and oxygen atoms in total. The van der Waals surface area contributed by atoms with Crippen LogP contribution in [-0.4, -0.2) is 12.4 Å². The summed E-state index contributed by atoms with van der Waals surface area (Å²) < 4.78 is 6.16. The number of ketones is 1. The number of hydrogen-bond acceptors (Lipinski definition) is 3. The van der Waals surface area contributed by atoms with Crippen LogP contribution in [0.5, 0.6) is 0 Å². The molecule has 1 unspecified atom stereocenters. The minimum absolute atomic E-state index is 0.0217. The van der Waals surface area contributed by atoms with Gasteiger partial charge in [-0.2, -0.15) is 5.26 Å². The number of carbonyl (C=O) groups excluding carboxylic acids is 1. The van der Waals surface area contributed by atoms with Crippen LogP contribution >= 0.6 is 0 Å². The third-order valence-electron chi connectivity index (χ3n) is 5.28. The highest BCUT2D eigenvalue weighted by molar-refractivity contribution is 5.97. The standard InChI is InChI=1S/C28H31NO2/c1-8-12-31-26-15-19(4)13-18(3)14-25(26)28(27(22(7)30)20(5)9-2)24-11-10-23(17-29)16-21(24)6/h9-11,13-16,28H,2,4,8,12H2,1,3,5-7H3/b27-20-. The fourth-order valence-electron chi connectivity index (χ4n) is 3.87. The van der Waals surface area contributed by atoms with Gasteiger partial charge in [0.1, 0.15) is 5.76 Å². The molecule has 31 heavy (non-hydrogen) atoms. The molecule has 3 heteroatoms. The molecule has 1 aromatic carbocycles. The van der Waals surface area contributed by atoms with E-state index in [2.05, 4.69) is 32.2 Å². The highest BCUT2D eigenvalue weighted by atomic mass is 16.5. The Balaban J connectivity index is 2.89. The molecule has 0 N–H and O–H groups in total. The van der Waals surface area contributed by atoms with Crippen molar-refractivity contribution in [3.05, 3.63) is 106 Å². The molecule has 0 heterocycles. The number of allylic oxidation sites excluding steroid dienone is 9. The number of Topliss-reactive ketones (excluding diaryl/α,β-unsaturated/α-hetero) is 1. The molecule has 0 aromatic heterocycles. The lowest BCUT2D eigenvalue weighted by molar-refractivity contribution is -0.113. The summed E-state index contributed by atoms with van der Waals surface area (Å²) in [7, 11) is 0. The third kappa shape index (κ3) is 5.61. The van der Waals surface area contributed by atoms with Gasteiger partial charge < -0.3 is 4.74 Å². The average Bonchev–Trinajstić information content (AvgIpc) is 2.86. The Bertz CT molecular complexity index is 1070. The Morgan fingerprint density at radius 3 is 2.48 bits per heavy atom. The number of ether oxygens (including phenoxy) is 1. The Morgan fingerprint density at radius 2 is 1.94 bits per heavy atom. The molecule has 0 radical (unpaired) electrons. The van der Waals surface area contributed by atoms with Gasteiger partial charge >= 0.3 is 0 Å². The highest BCUT2D eigenvalue weighted by Gasteiger charge is 2.30. The molecule has 1 aliphatic rings. The topological polar surface area (TPSA) is 50.1 Å². The first kappa shape index (κ1) is 23.9. The van der Waals surface area contributed by atoms with E-state index in [4.69, 9.17) is 4.74 Å². The van der Waals surface area contributed by atoms with E-state index >= 15 is 0 Å². The van der Waals surface area contributed by atoms with Crippen molar-refractivity contribution in [2.24, 2.45) is 0 Å². The molecule has 0 amide bonds. The van der Waals surface area contributed by atoms with Gasteiger partial charge in [-0.05, 0) is 74.6 Å². The van der Waals surface area contributed by atoms with E-state index in [0.29, 0.717) is 23.5 Å². The lowest BCUT2D eigenvalue weighted by Gasteiger charge is -2.27. The van der Waals surface area contributed by atoms with E-state index in [1.807, 2.05) is 45.1 Å². The van der Waals surface area contributed by atoms with Crippen molar-refractivity contribution in [1.29, 1.82) is 5.26 Å². The van der Waals surface area contributed by atoms with Crippen LogP contribution in [0.15, 0.2) is 89.3 Å². The molecular weight excluding hydrogens is 382 g/mol. The van der Waals surface area contributed by atoms with E-state index in [0.717, 1.165) is 39.8 Å². The maximum atomic E-state index is 12.9. The Kier molecular flexibility index (Phi) is 8.16. The fraction of sp³-hybridized carbons (Fsp3) is 0.286. The average molecular weight is 414 g/mol. The van der Waals surface area contributed by atoms with Crippen molar-refractivity contribution < 1.29 is 9.53 Å². The van der Waals surface area contributed by atoms with Crippen LogP contribution in [0.2, 0.25) is 0 Å².